The van der Waals surface area contributed by atoms with Crippen molar-refractivity contribution in [3.63, 3.8) is 0 Å². The minimum absolute atomic E-state index is 0.118. The third-order valence-electron chi connectivity index (χ3n) is 5.27. The summed E-state index contributed by atoms with van der Waals surface area (Å²) in [7, 11) is 1.84. The Hall–Kier alpha value is -2.90. The molecule has 1 saturated heterocycles. The summed E-state index contributed by atoms with van der Waals surface area (Å²) in [6, 6.07) is 10.6. The lowest BCUT2D eigenvalue weighted by atomic mass is 9.90. The van der Waals surface area contributed by atoms with Crippen LogP contribution < -0.4 is 10.6 Å². The van der Waals surface area contributed by atoms with Crippen molar-refractivity contribution in [2.45, 2.75) is 32.7 Å². The number of nitrogens with zero attached hydrogens (tertiary/aromatic N) is 5. The van der Waals surface area contributed by atoms with E-state index in [2.05, 4.69) is 56.0 Å². The van der Waals surface area contributed by atoms with Gasteiger partial charge in [-0.2, -0.15) is 5.10 Å². The number of amides is 1. The Morgan fingerprint density at radius 1 is 1.21 bits per heavy atom. The average Bonchev–Trinajstić information content (AvgIpc) is 3.16. The number of likely N-dealkylation sites (tertiary alicyclic amines) is 1. The highest BCUT2D eigenvalue weighted by Gasteiger charge is 2.22. The van der Waals surface area contributed by atoms with Gasteiger partial charge in [-0.05, 0) is 37.7 Å². The first kappa shape index (κ1) is 20.8. The van der Waals surface area contributed by atoms with Crippen molar-refractivity contribution < 1.29 is 4.79 Å². The second-order valence-corrected chi connectivity index (χ2v) is 7.36. The van der Waals surface area contributed by atoms with Gasteiger partial charge in [-0.15, -0.1) is 0 Å². The van der Waals surface area contributed by atoms with E-state index < -0.39 is 0 Å². The molecule has 2 N–H and O–H groups in total. The van der Waals surface area contributed by atoms with Gasteiger partial charge < -0.3 is 15.5 Å². The molecule has 3 rings (SSSR count). The van der Waals surface area contributed by atoms with Gasteiger partial charge in [-0.25, -0.2) is 9.98 Å². The number of hydrogen-bond acceptors (Lipinski definition) is 4. The van der Waals surface area contributed by atoms with E-state index >= 15 is 0 Å². The van der Waals surface area contributed by atoms with Crippen molar-refractivity contribution in [2.24, 2.45) is 18.0 Å². The third-order valence-corrected chi connectivity index (χ3v) is 5.27. The molecule has 0 atom stereocenters. The first-order valence-electron chi connectivity index (χ1n) is 10.3. The lowest BCUT2D eigenvalue weighted by molar-refractivity contribution is -0.131. The van der Waals surface area contributed by atoms with E-state index in [9.17, 15) is 4.79 Å². The summed E-state index contributed by atoms with van der Waals surface area (Å²) in [5.41, 5.74) is 1.38. The molecular weight excluding hydrogens is 366 g/mol. The zero-order valence-corrected chi connectivity index (χ0v) is 17.3. The lowest BCUT2D eigenvalue weighted by Crippen LogP contribution is -2.47. The first-order valence-corrected chi connectivity index (χ1v) is 10.3. The predicted molar refractivity (Wildman–Crippen MR) is 113 cm³/mol. The Morgan fingerprint density at radius 3 is 2.62 bits per heavy atom. The number of hydrogen-bond donors (Lipinski definition) is 2. The van der Waals surface area contributed by atoms with Gasteiger partial charge in [0, 0.05) is 26.7 Å². The molecule has 1 amide bonds. The van der Waals surface area contributed by atoms with E-state index in [-0.39, 0.29) is 12.5 Å². The number of carbonyl (C=O) groups is 1. The van der Waals surface area contributed by atoms with Crippen LogP contribution in [0.2, 0.25) is 0 Å². The number of aliphatic imine (C=N–C) groups is 1. The fraction of sp³-hybridized carbons (Fsp3) is 0.524. The molecule has 8 nitrogen and oxygen atoms in total. The van der Waals surface area contributed by atoms with E-state index in [0.29, 0.717) is 18.4 Å². The van der Waals surface area contributed by atoms with Crippen LogP contribution in [-0.2, 0) is 24.8 Å². The zero-order valence-electron chi connectivity index (χ0n) is 17.3. The highest BCUT2D eigenvalue weighted by molar-refractivity contribution is 5.86. The first-order chi connectivity index (χ1) is 14.2. The maximum Gasteiger partial charge on any atom is 0.241 e. The monoisotopic (exact) mass is 397 g/mol. The number of benzene rings is 1. The SMILES string of the molecule is CCNC(=NCc1ncnn1C)NCC(=O)N1CCC(Cc2ccccc2)CC1. The Morgan fingerprint density at radius 2 is 1.97 bits per heavy atom. The van der Waals surface area contributed by atoms with Crippen LogP contribution in [-0.4, -0.2) is 57.7 Å². The van der Waals surface area contributed by atoms with Crippen LogP contribution in [0, 0.1) is 5.92 Å². The van der Waals surface area contributed by atoms with E-state index in [0.717, 1.165) is 44.7 Å². The molecule has 0 radical (unpaired) electrons. The van der Waals surface area contributed by atoms with E-state index in [1.165, 1.54) is 11.9 Å². The molecule has 0 aliphatic carbocycles. The molecule has 1 aliphatic heterocycles. The summed E-state index contributed by atoms with van der Waals surface area (Å²) in [5.74, 6) is 2.16. The van der Waals surface area contributed by atoms with Crippen LogP contribution >= 0.6 is 0 Å². The topological polar surface area (TPSA) is 87.4 Å². The van der Waals surface area contributed by atoms with Crippen LogP contribution in [0.5, 0.6) is 0 Å². The number of aryl methyl sites for hydroxylation is 1. The Bertz CT molecular complexity index is 794. The largest absolute Gasteiger partial charge is 0.357 e. The highest BCUT2D eigenvalue weighted by atomic mass is 16.2. The third kappa shape index (κ3) is 6.30. The molecule has 8 heteroatoms. The molecule has 1 aromatic heterocycles. The van der Waals surface area contributed by atoms with Crippen LogP contribution in [0.25, 0.3) is 0 Å². The predicted octanol–water partition coefficient (Wildman–Crippen LogP) is 1.35. The summed E-state index contributed by atoms with van der Waals surface area (Å²) in [6.07, 6.45) is 4.72. The minimum Gasteiger partial charge on any atom is -0.357 e. The summed E-state index contributed by atoms with van der Waals surface area (Å²) in [5, 5.41) is 10.4. The summed E-state index contributed by atoms with van der Waals surface area (Å²) < 4.78 is 1.69. The molecule has 0 unspecified atom stereocenters. The van der Waals surface area contributed by atoms with E-state index in [1.807, 2.05) is 18.9 Å². The van der Waals surface area contributed by atoms with Gasteiger partial charge in [0.1, 0.15) is 18.7 Å². The fourth-order valence-electron chi connectivity index (χ4n) is 3.56. The maximum atomic E-state index is 12.6. The molecule has 2 aromatic rings. The number of rotatable bonds is 7. The van der Waals surface area contributed by atoms with Crippen molar-refractivity contribution in [1.29, 1.82) is 0 Å². The summed E-state index contributed by atoms with van der Waals surface area (Å²) in [4.78, 5) is 23.2. The Kier molecular flexibility index (Phi) is 7.61. The number of nitrogens with one attached hydrogen (secondary N) is 2. The fourth-order valence-corrected chi connectivity index (χ4v) is 3.56. The minimum atomic E-state index is 0.118. The summed E-state index contributed by atoms with van der Waals surface area (Å²) in [6.45, 7) is 5.02. The number of guanidine groups is 1. The van der Waals surface area contributed by atoms with Gasteiger partial charge in [0.05, 0.1) is 6.54 Å². The van der Waals surface area contributed by atoms with E-state index in [4.69, 9.17) is 0 Å². The van der Waals surface area contributed by atoms with Crippen molar-refractivity contribution >= 4 is 11.9 Å². The van der Waals surface area contributed by atoms with Gasteiger partial charge in [0.25, 0.3) is 0 Å². The standard InChI is InChI=1S/C21H31N7O/c1-3-22-21(23-14-19-25-16-26-27(19)2)24-15-20(29)28-11-9-18(10-12-28)13-17-7-5-4-6-8-17/h4-8,16,18H,3,9-15H2,1-2H3,(H2,22,23,24). The van der Waals surface area contributed by atoms with E-state index in [1.54, 1.807) is 4.68 Å². The number of aromatic nitrogens is 3. The lowest BCUT2D eigenvalue weighted by Gasteiger charge is -2.32. The molecule has 1 fully saturated rings. The van der Waals surface area contributed by atoms with Gasteiger partial charge in [-0.3, -0.25) is 9.48 Å². The van der Waals surface area contributed by atoms with Gasteiger partial charge in [0.2, 0.25) is 5.91 Å². The maximum absolute atomic E-state index is 12.6. The van der Waals surface area contributed by atoms with Crippen LogP contribution in [0.1, 0.15) is 31.2 Å². The van der Waals surface area contributed by atoms with Crippen molar-refractivity contribution in [3.8, 4) is 0 Å². The zero-order chi connectivity index (χ0) is 20.5. The normalized spacial score (nSPS) is 15.4. The molecule has 1 aliphatic rings. The van der Waals surface area contributed by atoms with Gasteiger partial charge in [-0.1, -0.05) is 30.3 Å². The Balaban J connectivity index is 1.44. The molecule has 0 bridgehead atoms. The molecule has 0 saturated carbocycles. The van der Waals surface area contributed by atoms with Gasteiger partial charge >= 0.3 is 0 Å². The van der Waals surface area contributed by atoms with Crippen molar-refractivity contribution in [1.82, 2.24) is 30.3 Å². The molecule has 1 aromatic carbocycles. The molecular formula is C21H31N7O. The molecule has 0 spiro atoms. The van der Waals surface area contributed by atoms with Crippen molar-refractivity contribution in [2.75, 3.05) is 26.2 Å². The molecule has 156 valence electrons. The van der Waals surface area contributed by atoms with Crippen molar-refractivity contribution in [3.05, 3.63) is 48.0 Å². The second kappa shape index (κ2) is 10.6. The quantitative estimate of drug-likeness (QED) is 0.544. The molecule has 29 heavy (non-hydrogen) atoms. The Labute approximate surface area is 172 Å². The number of carbonyl (C=O) groups excluding carboxylic acids is 1. The average molecular weight is 398 g/mol. The summed E-state index contributed by atoms with van der Waals surface area (Å²) >= 11 is 0. The molecule has 2 heterocycles. The smallest absolute Gasteiger partial charge is 0.241 e. The van der Waals surface area contributed by atoms with Gasteiger partial charge in [0.15, 0.2) is 5.96 Å². The van der Waals surface area contributed by atoms with Crippen LogP contribution in [0.4, 0.5) is 0 Å². The van der Waals surface area contributed by atoms with Crippen LogP contribution in [0.3, 0.4) is 0 Å². The highest BCUT2D eigenvalue weighted by Crippen LogP contribution is 2.21. The number of piperidine rings is 1. The van der Waals surface area contributed by atoms with Crippen LogP contribution in [0.15, 0.2) is 41.7 Å². The second-order valence-electron chi connectivity index (χ2n) is 7.36.